The first-order chi connectivity index (χ1) is 16.8. The summed E-state index contributed by atoms with van der Waals surface area (Å²) < 4.78 is 41.7. The van der Waals surface area contributed by atoms with Crippen molar-refractivity contribution in [1.82, 2.24) is 20.3 Å². The van der Waals surface area contributed by atoms with E-state index in [0.717, 1.165) is 25.7 Å². The molecule has 9 nitrogen and oxygen atoms in total. The molecule has 1 saturated carbocycles. The molecule has 2 aromatic rings. The van der Waals surface area contributed by atoms with Crippen LogP contribution in [0.25, 0.3) is 11.3 Å². The van der Waals surface area contributed by atoms with E-state index < -0.39 is 48.7 Å². The Kier molecular flexibility index (Phi) is 8.14. The fraction of sp³-hybridized carbons (Fsp3) is 0.667. The number of hydrogen-bond acceptors (Lipinski definition) is 8. The summed E-state index contributed by atoms with van der Waals surface area (Å²) in [4.78, 5) is 0. The third-order valence-electron chi connectivity index (χ3n) is 7.27. The van der Waals surface area contributed by atoms with Crippen LogP contribution in [0, 0.1) is 18.6 Å². The van der Waals surface area contributed by atoms with Crippen LogP contribution in [-0.2, 0) is 9.47 Å². The van der Waals surface area contributed by atoms with Gasteiger partial charge in [0, 0.05) is 31.3 Å². The number of nitrogens with two attached hydrogens (primary N) is 1. The van der Waals surface area contributed by atoms with Gasteiger partial charge in [-0.15, -0.1) is 5.10 Å². The highest BCUT2D eigenvalue weighted by Gasteiger charge is 2.47. The van der Waals surface area contributed by atoms with E-state index in [0.29, 0.717) is 13.1 Å². The van der Waals surface area contributed by atoms with Crippen LogP contribution < -0.4 is 11.1 Å². The Balaban J connectivity index is 1.54. The van der Waals surface area contributed by atoms with Gasteiger partial charge in [0.05, 0.1) is 18.9 Å². The van der Waals surface area contributed by atoms with Crippen molar-refractivity contribution in [3.8, 4) is 11.3 Å². The first-order valence-corrected chi connectivity index (χ1v) is 12.1. The first kappa shape index (κ1) is 26.1. The molecule has 5 atom stereocenters. The number of aryl methyl sites for hydroxylation is 1. The number of hydrogen-bond donors (Lipinski definition) is 4. The number of nitrogens with one attached hydrogen (secondary N) is 1. The number of aromatic nitrogens is 3. The zero-order valence-corrected chi connectivity index (χ0v) is 20.2. The van der Waals surface area contributed by atoms with Crippen LogP contribution in [0.3, 0.4) is 0 Å². The lowest BCUT2D eigenvalue weighted by Crippen LogP contribution is -2.60. The lowest BCUT2D eigenvalue weighted by atomic mass is 9.82. The molecule has 1 aliphatic carbocycles. The van der Waals surface area contributed by atoms with Crippen molar-refractivity contribution >= 4 is 0 Å². The highest BCUT2D eigenvalue weighted by Crippen LogP contribution is 2.33. The minimum absolute atomic E-state index is 0.0347. The van der Waals surface area contributed by atoms with Gasteiger partial charge in [0.2, 0.25) is 0 Å². The third kappa shape index (κ3) is 5.40. The standard InChI is InChI=1S/C24H35F2N5O4/c1-14-6-7-15(20(26)19(14)25)16-11-31(30-29-16)21-22(33)18(12-32)35-17(23(21)34-2)10-28-13-24(27)8-4-3-5-9-24/h6-7,11,17-18,21-23,28,32-33H,3-5,8-10,12-13,27H2,1-2H3/t17-,18-,21+,22+,23+/m1/s1. The van der Waals surface area contributed by atoms with Gasteiger partial charge < -0.3 is 30.7 Å². The summed E-state index contributed by atoms with van der Waals surface area (Å²) in [5.74, 6) is -1.96. The predicted octanol–water partition coefficient (Wildman–Crippen LogP) is 1.46. The van der Waals surface area contributed by atoms with Crippen molar-refractivity contribution in [3.05, 3.63) is 35.5 Å². The summed E-state index contributed by atoms with van der Waals surface area (Å²) in [6.45, 7) is 2.07. The molecule has 5 N–H and O–H groups in total. The van der Waals surface area contributed by atoms with Crippen molar-refractivity contribution in [2.45, 2.75) is 75.0 Å². The van der Waals surface area contributed by atoms with Crippen LogP contribution >= 0.6 is 0 Å². The van der Waals surface area contributed by atoms with Gasteiger partial charge in [-0.1, -0.05) is 30.5 Å². The molecule has 2 aliphatic rings. The topological polar surface area (TPSA) is 128 Å². The summed E-state index contributed by atoms with van der Waals surface area (Å²) in [6, 6.07) is 2.13. The molecule has 1 aromatic carbocycles. The molecule has 2 heterocycles. The molecule has 4 rings (SSSR count). The molecule has 0 bridgehead atoms. The van der Waals surface area contributed by atoms with Crippen LogP contribution in [-0.4, -0.2) is 82.0 Å². The van der Waals surface area contributed by atoms with E-state index in [2.05, 4.69) is 15.6 Å². The van der Waals surface area contributed by atoms with Crippen LogP contribution in [0.4, 0.5) is 8.78 Å². The molecule has 11 heteroatoms. The minimum atomic E-state index is -1.17. The Hall–Kier alpha value is -2.02. The van der Waals surface area contributed by atoms with Gasteiger partial charge in [-0.2, -0.15) is 0 Å². The third-order valence-corrected chi connectivity index (χ3v) is 7.27. The Morgan fingerprint density at radius 2 is 1.97 bits per heavy atom. The van der Waals surface area contributed by atoms with E-state index in [1.54, 1.807) is 0 Å². The summed E-state index contributed by atoms with van der Waals surface area (Å²) >= 11 is 0. The van der Waals surface area contributed by atoms with Crippen molar-refractivity contribution < 1.29 is 28.5 Å². The van der Waals surface area contributed by atoms with E-state index >= 15 is 0 Å². The van der Waals surface area contributed by atoms with E-state index in [1.807, 2.05) is 0 Å². The van der Waals surface area contributed by atoms with Gasteiger partial charge in [0.15, 0.2) is 11.6 Å². The highest BCUT2D eigenvalue weighted by molar-refractivity contribution is 5.59. The number of aliphatic hydroxyl groups is 2. The summed E-state index contributed by atoms with van der Waals surface area (Å²) in [5, 5.41) is 32.3. The van der Waals surface area contributed by atoms with Crippen molar-refractivity contribution in [1.29, 1.82) is 0 Å². The van der Waals surface area contributed by atoms with Gasteiger partial charge >= 0.3 is 0 Å². The molecule has 0 amide bonds. The average Bonchev–Trinajstić information content (AvgIpc) is 3.32. The first-order valence-electron chi connectivity index (χ1n) is 12.1. The predicted molar refractivity (Wildman–Crippen MR) is 125 cm³/mol. The normalized spacial score (nSPS) is 28.8. The second-order valence-electron chi connectivity index (χ2n) is 9.77. The van der Waals surface area contributed by atoms with Crippen molar-refractivity contribution in [2.24, 2.45) is 5.73 Å². The lowest BCUT2D eigenvalue weighted by Gasteiger charge is -2.44. The van der Waals surface area contributed by atoms with Crippen LogP contribution in [0.15, 0.2) is 18.3 Å². The summed E-state index contributed by atoms with van der Waals surface area (Å²) in [7, 11) is 1.50. The molecular weight excluding hydrogens is 460 g/mol. The van der Waals surface area contributed by atoms with Gasteiger partial charge in [-0.05, 0) is 31.4 Å². The van der Waals surface area contributed by atoms with Crippen molar-refractivity contribution in [2.75, 3.05) is 26.8 Å². The molecule has 0 radical (unpaired) electrons. The van der Waals surface area contributed by atoms with Gasteiger partial charge in [-0.3, -0.25) is 0 Å². The zero-order valence-electron chi connectivity index (χ0n) is 20.2. The number of halogens is 2. The maximum atomic E-state index is 14.5. The number of methoxy groups -OCH3 is 1. The lowest BCUT2D eigenvalue weighted by molar-refractivity contribution is -0.210. The van der Waals surface area contributed by atoms with E-state index in [1.165, 1.54) is 43.5 Å². The van der Waals surface area contributed by atoms with Crippen LogP contribution in [0.5, 0.6) is 0 Å². The minimum Gasteiger partial charge on any atom is -0.394 e. The average molecular weight is 496 g/mol. The SMILES string of the molecule is CO[C@@H]1[C@@H](n2cc(-c3ccc(C)c(F)c3F)nn2)[C@@H](O)[C@@H](CO)O[C@@H]1CNCC1(N)CCCCC1. The highest BCUT2D eigenvalue weighted by atomic mass is 19.2. The number of ether oxygens (including phenoxy) is 2. The molecule has 1 saturated heterocycles. The Labute approximate surface area is 203 Å². The second-order valence-corrected chi connectivity index (χ2v) is 9.77. The summed E-state index contributed by atoms with van der Waals surface area (Å²) in [5.41, 5.74) is 6.54. The smallest absolute Gasteiger partial charge is 0.168 e. The van der Waals surface area contributed by atoms with E-state index in [-0.39, 0.29) is 22.4 Å². The monoisotopic (exact) mass is 495 g/mol. The van der Waals surface area contributed by atoms with Crippen LogP contribution in [0.2, 0.25) is 0 Å². The molecule has 2 fully saturated rings. The van der Waals surface area contributed by atoms with E-state index in [9.17, 15) is 19.0 Å². The number of nitrogens with zero attached hydrogens (tertiary/aromatic N) is 3. The molecule has 1 aromatic heterocycles. The maximum absolute atomic E-state index is 14.5. The largest absolute Gasteiger partial charge is 0.394 e. The number of aliphatic hydroxyl groups excluding tert-OH is 2. The summed E-state index contributed by atoms with van der Waals surface area (Å²) in [6.07, 6.45) is 3.53. The molecule has 0 unspecified atom stereocenters. The quantitative estimate of drug-likeness (QED) is 0.434. The number of benzene rings is 1. The van der Waals surface area contributed by atoms with Gasteiger partial charge in [0.25, 0.3) is 0 Å². The Bertz CT molecular complexity index is 1000. The molecule has 194 valence electrons. The van der Waals surface area contributed by atoms with Crippen LogP contribution in [0.1, 0.15) is 43.7 Å². The van der Waals surface area contributed by atoms with E-state index in [4.69, 9.17) is 15.2 Å². The molecule has 1 aliphatic heterocycles. The zero-order chi connectivity index (χ0) is 25.2. The molecular formula is C24H35F2N5O4. The Morgan fingerprint density at radius 1 is 1.23 bits per heavy atom. The molecule has 35 heavy (non-hydrogen) atoms. The second kappa shape index (κ2) is 10.9. The maximum Gasteiger partial charge on any atom is 0.168 e. The fourth-order valence-corrected chi connectivity index (χ4v) is 5.22. The van der Waals surface area contributed by atoms with Crippen molar-refractivity contribution in [3.63, 3.8) is 0 Å². The Morgan fingerprint density at radius 3 is 2.66 bits per heavy atom. The molecule has 0 spiro atoms. The fourth-order valence-electron chi connectivity index (χ4n) is 5.22. The van der Waals surface area contributed by atoms with Gasteiger partial charge in [-0.25, -0.2) is 13.5 Å². The van der Waals surface area contributed by atoms with Gasteiger partial charge in [0.1, 0.15) is 30.0 Å². The number of rotatable bonds is 8.